The molecule has 1 aromatic heterocycles. The second-order valence-corrected chi connectivity index (χ2v) is 9.71. The van der Waals surface area contributed by atoms with E-state index < -0.39 is 0 Å². The summed E-state index contributed by atoms with van der Waals surface area (Å²) in [5.74, 6) is 1.44. The second-order valence-electron chi connectivity index (χ2n) is 9.71. The number of likely N-dealkylation sites (tertiary alicyclic amines) is 1. The molecule has 1 aliphatic heterocycles. The van der Waals surface area contributed by atoms with Gasteiger partial charge in [0.1, 0.15) is 5.75 Å². The molecule has 1 saturated heterocycles. The van der Waals surface area contributed by atoms with Gasteiger partial charge in [0.15, 0.2) is 5.58 Å². The molecule has 0 N–H and O–H groups in total. The third-order valence-electron chi connectivity index (χ3n) is 7.85. The van der Waals surface area contributed by atoms with Gasteiger partial charge in [-0.15, -0.1) is 0 Å². The maximum absolute atomic E-state index is 5.84. The van der Waals surface area contributed by atoms with Crippen molar-refractivity contribution in [2.75, 3.05) is 19.1 Å². The van der Waals surface area contributed by atoms with Crippen molar-refractivity contribution in [3.05, 3.63) is 89.6 Å². The molecule has 2 bridgehead atoms. The molecule has 174 valence electrons. The highest BCUT2D eigenvalue weighted by molar-refractivity contribution is 5.86. The number of ether oxygens (including phenoxy) is 1. The van der Waals surface area contributed by atoms with Gasteiger partial charge in [-0.1, -0.05) is 65.8 Å². The Hall–Kier alpha value is -3.31. The molecule has 1 aliphatic carbocycles. The SMILES string of the molecule is COc1cc2onc(C)c2cc1N(C)C1C2CCC(C2)N1C(c1ccccc1)c1ccccc1. The summed E-state index contributed by atoms with van der Waals surface area (Å²) in [4.78, 5) is 5.20. The summed E-state index contributed by atoms with van der Waals surface area (Å²) in [5, 5.41) is 5.21. The quantitative estimate of drug-likeness (QED) is 0.349. The number of benzene rings is 3. The van der Waals surface area contributed by atoms with Gasteiger partial charge in [-0.3, -0.25) is 4.90 Å². The third-order valence-corrected chi connectivity index (χ3v) is 7.85. The summed E-state index contributed by atoms with van der Waals surface area (Å²) in [6.07, 6.45) is 4.04. The predicted molar refractivity (Wildman–Crippen MR) is 135 cm³/mol. The maximum Gasteiger partial charge on any atom is 0.170 e. The van der Waals surface area contributed by atoms with E-state index in [0.29, 0.717) is 12.0 Å². The number of hydrogen-bond donors (Lipinski definition) is 0. The van der Waals surface area contributed by atoms with Gasteiger partial charge in [0, 0.05) is 24.5 Å². The zero-order chi connectivity index (χ0) is 23.2. The van der Waals surface area contributed by atoms with Crippen molar-refractivity contribution in [2.45, 2.75) is 44.4 Å². The summed E-state index contributed by atoms with van der Waals surface area (Å²) in [6, 6.07) is 26.9. The summed E-state index contributed by atoms with van der Waals surface area (Å²) < 4.78 is 11.4. The first-order chi connectivity index (χ1) is 16.7. The molecule has 6 rings (SSSR count). The standard InChI is InChI=1S/C29H31N3O2/c1-19-24-17-25(27(33-3)18-26(24)34-30-19)31(2)29-22-14-15-23(16-22)32(29)28(20-10-6-4-7-11-20)21-12-8-5-9-13-21/h4-13,17-18,22-23,28-29H,14-16H2,1-3H3. The Bertz CT molecular complexity index is 1250. The van der Waals surface area contributed by atoms with Crippen LogP contribution in [0.2, 0.25) is 0 Å². The van der Waals surface area contributed by atoms with Crippen LogP contribution in [0.25, 0.3) is 11.0 Å². The Morgan fingerprint density at radius 3 is 2.32 bits per heavy atom. The number of hydrogen-bond acceptors (Lipinski definition) is 5. The molecule has 2 fully saturated rings. The Kier molecular flexibility index (Phi) is 5.30. The minimum Gasteiger partial charge on any atom is -0.494 e. The van der Waals surface area contributed by atoms with Gasteiger partial charge >= 0.3 is 0 Å². The lowest BCUT2D eigenvalue weighted by molar-refractivity contribution is 0.103. The van der Waals surface area contributed by atoms with Gasteiger partial charge in [-0.05, 0) is 49.3 Å². The summed E-state index contributed by atoms with van der Waals surface area (Å²) in [5.41, 5.74) is 5.45. The second kappa shape index (κ2) is 8.48. The fourth-order valence-corrected chi connectivity index (χ4v) is 6.34. The highest BCUT2D eigenvalue weighted by Gasteiger charge is 2.51. The first-order valence-corrected chi connectivity index (χ1v) is 12.2. The molecule has 0 radical (unpaired) electrons. The number of nitrogens with zero attached hydrogens (tertiary/aromatic N) is 3. The Morgan fingerprint density at radius 1 is 1.00 bits per heavy atom. The van der Waals surface area contributed by atoms with E-state index in [0.717, 1.165) is 28.1 Å². The van der Waals surface area contributed by atoms with Crippen LogP contribution < -0.4 is 9.64 Å². The predicted octanol–water partition coefficient (Wildman–Crippen LogP) is 6.18. The van der Waals surface area contributed by atoms with Crippen LogP contribution in [0.3, 0.4) is 0 Å². The van der Waals surface area contributed by atoms with E-state index >= 15 is 0 Å². The van der Waals surface area contributed by atoms with Crippen molar-refractivity contribution in [1.82, 2.24) is 10.1 Å². The summed E-state index contributed by atoms with van der Waals surface area (Å²) >= 11 is 0. The van der Waals surface area contributed by atoms with Crippen molar-refractivity contribution in [2.24, 2.45) is 5.92 Å². The van der Waals surface area contributed by atoms with Crippen LogP contribution in [0.1, 0.15) is 42.1 Å². The normalized spacial score (nSPS) is 22.1. The van der Waals surface area contributed by atoms with Gasteiger partial charge in [0.25, 0.3) is 0 Å². The van der Waals surface area contributed by atoms with E-state index in [2.05, 4.69) is 88.7 Å². The van der Waals surface area contributed by atoms with E-state index in [4.69, 9.17) is 9.26 Å². The molecule has 0 spiro atoms. The number of methoxy groups -OCH3 is 1. The van der Waals surface area contributed by atoms with E-state index in [9.17, 15) is 0 Å². The molecule has 1 saturated carbocycles. The van der Waals surface area contributed by atoms with Gasteiger partial charge in [0.05, 0.1) is 30.7 Å². The first kappa shape index (κ1) is 21.2. The highest BCUT2D eigenvalue weighted by atomic mass is 16.5. The number of rotatable bonds is 6. The molecule has 0 amide bonds. The van der Waals surface area contributed by atoms with Gasteiger partial charge < -0.3 is 14.2 Å². The number of piperidine rings is 1. The zero-order valence-corrected chi connectivity index (χ0v) is 20.0. The smallest absolute Gasteiger partial charge is 0.170 e. The largest absolute Gasteiger partial charge is 0.494 e. The van der Waals surface area contributed by atoms with Crippen LogP contribution in [0.15, 0.2) is 77.3 Å². The molecule has 4 aromatic rings. The minimum atomic E-state index is 0.206. The van der Waals surface area contributed by atoms with Crippen LogP contribution in [-0.4, -0.2) is 36.4 Å². The molecule has 5 heteroatoms. The fourth-order valence-electron chi connectivity index (χ4n) is 6.34. The van der Waals surface area contributed by atoms with Crippen molar-refractivity contribution < 1.29 is 9.26 Å². The van der Waals surface area contributed by atoms with Crippen molar-refractivity contribution in [1.29, 1.82) is 0 Å². The van der Waals surface area contributed by atoms with Crippen molar-refractivity contribution >= 4 is 16.7 Å². The van der Waals surface area contributed by atoms with E-state index in [1.54, 1.807) is 7.11 Å². The molecule has 34 heavy (non-hydrogen) atoms. The maximum atomic E-state index is 5.84. The van der Waals surface area contributed by atoms with Crippen molar-refractivity contribution in [3.63, 3.8) is 0 Å². The number of aromatic nitrogens is 1. The van der Waals surface area contributed by atoms with Crippen LogP contribution in [0, 0.1) is 12.8 Å². The average molecular weight is 454 g/mol. The lowest BCUT2D eigenvalue weighted by Gasteiger charge is -2.46. The molecule has 2 heterocycles. The molecule has 5 nitrogen and oxygen atoms in total. The third kappa shape index (κ3) is 3.38. The molecular formula is C29H31N3O2. The van der Waals surface area contributed by atoms with Crippen LogP contribution in [0.5, 0.6) is 5.75 Å². The van der Waals surface area contributed by atoms with Crippen LogP contribution >= 0.6 is 0 Å². The molecule has 3 unspecified atom stereocenters. The Labute approximate surface area is 200 Å². The topological polar surface area (TPSA) is 41.7 Å². The molecule has 3 atom stereocenters. The zero-order valence-electron chi connectivity index (χ0n) is 20.0. The first-order valence-electron chi connectivity index (χ1n) is 12.2. The molecular weight excluding hydrogens is 422 g/mol. The fraction of sp³-hybridized carbons (Fsp3) is 0.345. The van der Waals surface area contributed by atoms with E-state index in [1.165, 1.54) is 30.4 Å². The Morgan fingerprint density at radius 2 is 1.68 bits per heavy atom. The number of fused-ring (bicyclic) bond motifs is 3. The van der Waals surface area contributed by atoms with Gasteiger partial charge in [0.2, 0.25) is 0 Å². The monoisotopic (exact) mass is 453 g/mol. The Balaban J connectivity index is 1.47. The van der Waals surface area contributed by atoms with Gasteiger partial charge in [-0.2, -0.15) is 0 Å². The number of anilines is 1. The average Bonchev–Trinajstić information content (AvgIpc) is 3.60. The van der Waals surface area contributed by atoms with E-state index in [-0.39, 0.29) is 12.2 Å². The molecule has 2 aliphatic rings. The highest BCUT2D eigenvalue weighted by Crippen LogP contribution is 2.51. The van der Waals surface area contributed by atoms with Crippen LogP contribution in [0.4, 0.5) is 5.69 Å². The minimum absolute atomic E-state index is 0.206. The van der Waals surface area contributed by atoms with Gasteiger partial charge in [-0.25, -0.2) is 0 Å². The van der Waals surface area contributed by atoms with Crippen molar-refractivity contribution in [3.8, 4) is 5.75 Å². The summed E-state index contributed by atoms with van der Waals surface area (Å²) in [7, 11) is 3.95. The van der Waals surface area contributed by atoms with Crippen LogP contribution in [-0.2, 0) is 0 Å². The summed E-state index contributed by atoms with van der Waals surface area (Å²) in [6.45, 7) is 1.99. The lowest BCUT2D eigenvalue weighted by Crippen LogP contribution is -2.52. The molecule has 3 aromatic carbocycles. The lowest BCUT2D eigenvalue weighted by atomic mass is 9.93. The van der Waals surface area contributed by atoms with E-state index in [1.807, 2.05) is 13.0 Å². The number of aryl methyl sites for hydroxylation is 1.